The van der Waals surface area contributed by atoms with Crippen molar-refractivity contribution in [3.8, 4) is 0 Å². The molecule has 0 radical (unpaired) electrons. The summed E-state index contributed by atoms with van der Waals surface area (Å²) in [5.74, 6) is 1.77. The van der Waals surface area contributed by atoms with Crippen LogP contribution in [0.1, 0.15) is 19.2 Å². The van der Waals surface area contributed by atoms with Crippen molar-refractivity contribution in [1.29, 1.82) is 0 Å². The lowest BCUT2D eigenvalue weighted by Crippen LogP contribution is -2.04. The zero-order valence-corrected chi connectivity index (χ0v) is 12.5. The first kappa shape index (κ1) is 13.4. The van der Waals surface area contributed by atoms with E-state index in [4.69, 9.17) is 5.73 Å². The maximum atomic E-state index is 5.96. The molecule has 0 fully saturated rings. The van der Waals surface area contributed by atoms with Crippen LogP contribution in [0.5, 0.6) is 0 Å². The molecule has 0 amide bonds. The minimum atomic E-state index is 0.784. The van der Waals surface area contributed by atoms with Gasteiger partial charge in [0.15, 0.2) is 0 Å². The van der Waals surface area contributed by atoms with Gasteiger partial charge in [-0.1, -0.05) is 22.9 Å². The fraction of sp³-hybridized carbons (Fsp3) is 0.333. The lowest BCUT2D eigenvalue weighted by atomic mass is 10.3. The molecule has 6 heteroatoms. The average molecular weight is 327 g/mol. The quantitative estimate of drug-likeness (QED) is 0.676. The molecule has 96 valence electrons. The summed E-state index contributed by atoms with van der Waals surface area (Å²) in [5.41, 5.74) is 6.75. The highest BCUT2D eigenvalue weighted by Gasteiger charge is 2.06. The Bertz CT molecular complexity index is 527. The molecule has 0 saturated heterocycles. The summed E-state index contributed by atoms with van der Waals surface area (Å²) in [4.78, 5) is 5.35. The van der Waals surface area contributed by atoms with E-state index in [1.54, 1.807) is 18.1 Å². The number of benzene rings is 1. The van der Waals surface area contributed by atoms with E-state index in [1.807, 2.05) is 22.9 Å². The van der Waals surface area contributed by atoms with Gasteiger partial charge in [-0.2, -0.15) is 5.10 Å². The second-order valence-corrected chi connectivity index (χ2v) is 5.80. The fourth-order valence-corrected chi connectivity index (χ4v) is 2.87. The molecule has 18 heavy (non-hydrogen) atoms. The lowest BCUT2D eigenvalue weighted by molar-refractivity contribution is 0.581. The summed E-state index contributed by atoms with van der Waals surface area (Å²) in [6, 6.07) is 5.93. The Hall–Kier alpha value is -1.01. The monoisotopic (exact) mass is 326 g/mol. The molecule has 2 N–H and O–H groups in total. The highest BCUT2D eigenvalue weighted by atomic mass is 79.9. The molecular weight excluding hydrogens is 312 g/mol. The zero-order chi connectivity index (χ0) is 13.0. The molecule has 0 aliphatic heterocycles. The third kappa shape index (κ3) is 3.26. The molecule has 1 heterocycles. The Morgan fingerprint density at radius 3 is 3.00 bits per heavy atom. The van der Waals surface area contributed by atoms with Gasteiger partial charge in [0, 0.05) is 21.6 Å². The number of nitrogen functional groups attached to an aromatic ring is 1. The molecule has 2 rings (SSSR count). The van der Waals surface area contributed by atoms with Crippen molar-refractivity contribution in [3.05, 3.63) is 34.8 Å². The summed E-state index contributed by atoms with van der Waals surface area (Å²) >= 11 is 5.09. The fourth-order valence-electron chi connectivity index (χ4n) is 1.59. The smallest absolute Gasteiger partial charge is 0.138 e. The Balaban J connectivity index is 2.04. The Morgan fingerprint density at radius 2 is 2.28 bits per heavy atom. The first-order chi connectivity index (χ1) is 8.70. The molecule has 0 atom stereocenters. The molecule has 0 bridgehead atoms. The van der Waals surface area contributed by atoms with Crippen LogP contribution in [0.2, 0.25) is 0 Å². The Kier molecular flexibility index (Phi) is 4.66. The predicted molar refractivity (Wildman–Crippen MR) is 78.4 cm³/mol. The molecule has 0 aliphatic rings. The number of aromatic nitrogens is 3. The summed E-state index contributed by atoms with van der Waals surface area (Å²) in [6.07, 6.45) is 2.66. The van der Waals surface area contributed by atoms with Gasteiger partial charge >= 0.3 is 0 Å². The highest BCUT2D eigenvalue weighted by molar-refractivity contribution is 9.10. The van der Waals surface area contributed by atoms with E-state index in [2.05, 4.69) is 32.9 Å². The predicted octanol–water partition coefficient (Wildman–Crippen LogP) is 3.33. The van der Waals surface area contributed by atoms with Gasteiger partial charge in [-0.25, -0.2) is 9.67 Å². The summed E-state index contributed by atoms with van der Waals surface area (Å²) in [7, 11) is 0. The van der Waals surface area contributed by atoms with Crippen LogP contribution < -0.4 is 5.73 Å². The van der Waals surface area contributed by atoms with Gasteiger partial charge in [0.05, 0.1) is 5.75 Å². The number of halogens is 1. The van der Waals surface area contributed by atoms with Crippen molar-refractivity contribution in [2.45, 2.75) is 30.5 Å². The van der Waals surface area contributed by atoms with E-state index in [9.17, 15) is 0 Å². The van der Waals surface area contributed by atoms with Crippen molar-refractivity contribution in [2.24, 2.45) is 0 Å². The van der Waals surface area contributed by atoms with Crippen LogP contribution in [-0.4, -0.2) is 14.8 Å². The molecule has 0 aliphatic carbocycles. The van der Waals surface area contributed by atoms with E-state index in [-0.39, 0.29) is 0 Å². The van der Waals surface area contributed by atoms with E-state index >= 15 is 0 Å². The van der Waals surface area contributed by atoms with Crippen LogP contribution in [0.15, 0.2) is 33.9 Å². The normalized spacial score (nSPS) is 10.8. The summed E-state index contributed by atoms with van der Waals surface area (Å²) in [6.45, 7) is 3.04. The third-order valence-electron chi connectivity index (χ3n) is 2.46. The van der Waals surface area contributed by atoms with Gasteiger partial charge < -0.3 is 5.73 Å². The number of anilines is 1. The molecule has 0 unspecified atom stereocenters. The van der Waals surface area contributed by atoms with Crippen molar-refractivity contribution in [1.82, 2.24) is 14.8 Å². The van der Waals surface area contributed by atoms with Crippen LogP contribution >= 0.6 is 27.7 Å². The largest absolute Gasteiger partial charge is 0.398 e. The number of hydrogen-bond acceptors (Lipinski definition) is 4. The van der Waals surface area contributed by atoms with Crippen LogP contribution in [0.25, 0.3) is 0 Å². The van der Waals surface area contributed by atoms with E-state index in [0.717, 1.165) is 39.6 Å². The third-order valence-corrected chi connectivity index (χ3v) is 4.04. The van der Waals surface area contributed by atoms with E-state index in [0.29, 0.717) is 0 Å². The summed E-state index contributed by atoms with van der Waals surface area (Å²) in [5, 5.41) is 4.21. The van der Waals surface area contributed by atoms with Gasteiger partial charge in [-0.05, 0) is 24.6 Å². The van der Waals surface area contributed by atoms with E-state index < -0.39 is 0 Å². The molecule has 0 saturated carbocycles. The Labute approximate surface area is 119 Å². The van der Waals surface area contributed by atoms with Crippen molar-refractivity contribution < 1.29 is 0 Å². The SMILES string of the molecule is CCCn1ncnc1CSc1ccc(Br)cc1N. The number of thioether (sulfide) groups is 1. The number of hydrogen-bond donors (Lipinski definition) is 1. The minimum Gasteiger partial charge on any atom is -0.398 e. The first-order valence-corrected chi connectivity index (χ1v) is 7.53. The second kappa shape index (κ2) is 6.24. The standard InChI is InChI=1S/C12H15BrN4S/c1-2-5-17-12(15-8-16-17)7-18-11-4-3-9(13)6-10(11)14/h3-4,6,8H,2,5,7,14H2,1H3. The molecule has 4 nitrogen and oxygen atoms in total. The molecule has 2 aromatic rings. The van der Waals surface area contributed by atoms with Gasteiger partial charge in [0.25, 0.3) is 0 Å². The summed E-state index contributed by atoms with van der Waals surface area (Å²) < 4.78 is 2.95. The van der Waals surface area contributed by atoms with Crippen molar-refractivity contribution in [2.75, 3.05) is 5.73 Å². The number of rotatable bonds is 5. The number of nitrogens with zero attached hydrogens (tertiary/aromatic N) is 3. The van der Waals surface area contributed by atoms with Gasteiger partial charge in [0.2, 0.25) is 0 Å². The van der Waals surface area contributed by atoms with E-state index in [1.165, 1.54) is 0 Å². The maximum Gasteiger partial charge on any atom is 0.138 e. The topological polar surface area (TPSA) is 56.7 Å². The zero-order valence-electron chi connectivity index (χ0n) is 10.1. The molecule has 0 spiro atoms. The maximum absolute atomic E-state index is 5.96. The average Bonchev–Trinajstić information content (AvgIpc) is 2.76. The van der Waals surface area contributed by atoms with Crippen LogP contribution in [0.4, 0.5) is 5.69 Å². The minimum absolute atomic E-state index is 0.784. The van der Waals surface area contributed by atoms with Gasteiger partial charge in [-0.15, -0.1) is 11.8 Å². The Morgan fingerprint density at radius 1 is 1.44 bits per heavy atom. The van der Waals surface area contributed by atoms with Crippen LogP contribution in [-0.2, 0) is 12.3 Å². The number of aryl methyl sites for hydroxylation is 1. The van der Waals surface area contributed by atoms with Crippen LogP contribution in [0.3, 0.4) is 0 Å². The number of nitrogens with two attached hydrogens (primary N) is 1. The first-order valence-electron chi connectivity index (χ1n) is 5.75. The van der Waals surface area contributed by atoms with Gasteiger partial charge in [-0.3, -0.25) is 0 Å². The highest BCUT2D eigenvalue weighted by Crippen LogP contribution is 2.29. The molecular formula is C12H15BrN4S. The van der Waals surface area contributed by atoms with Gasteiger partial charge in [0.1, 0.15) is 12.2 Å². The lowest BCUT2D eigenvalue weighted by Gasteiger charge is -2.06. The molecule has 1 aromatic carbocycles. The van der Waals surface area contributed by atoms with Crippen molar-refractivity contribution in [3.63, 3.8) is 0 Å². The molecule has 1 aromatic heterocycles. The van der Waals surface area contributed by atoms with Crippen molar-refractivity contribution >= 4 is 33.4 Å². The van der Waals surface area contributed by atoms with Crippen LogP contribution in [0, 0.1) is 0 Å². The second-order valence-electron chi connectivity index (χ2n) is 3.87.